The lowest BCUT2D eigenvalue weighted by Crippen LogP contribution is -2.32. The van der Waals surface area contributed by atoms with E-state index >= 15 is 0 Å². The maximum atomic E-state index is 12.7. The number of nitrogens with zero attached hydrogens (tertiary/aromatic N) is 2. The molecule has 1 aromatic carbocycles. The molecule has 2 heterocycles. The molecule has 31 heavy (non-hydrogen) atoms. The second-order valence-corrected chi connectivity index (χ2v) is 9.13. The summed E-state index contributed by atoms with van der Waals surface area (Å²) in [7, 11) is 0. The number of aryl methyl sites for hydroxylation is 1. The third-order valence-electron chi connectivity index (χ3n) is 6.84. The van der Waals surface area contributed by atoms with Crippen LogP contribution in [0.15, 0.2) is 47.1 Å². The maximum absolute atomic E-state index is 12.7. The summed E-state index contributed by atoms with van der Waals surface area (Å²) in [6.07, 6.45) is 12.6. The second-order valence-electron chi connectivity index (χ2n) is 9.13. The summed E-state index contributed by atoms with van der Waals surface area (Å²) in [5.74, 6) is 0.988. The van der Waals surface area contributed by atoms with E-state index < -0.39 is 0 Å². The van der Waals surface area contributed by atoms with Crippen molar-refractivity contribution in [2.24, 2.45) is 0 Å². The average molecular weight is 418 g/mol. The molecule has 1 amide bonds. The molecule has 2 aliphatic rings. The van der Waals surface area contributed by atoms with Gasteiger partial charge in [0.1, 0.15) is 5.69 Å². The van der Waals surface area contributed by atoms with E-state index in [1.54, 1.807) is 6.07 Å². The summed E-state index contributed by atoms with van der Waals surface area (Å²) < 4.78 is 8.43. The number of carbonyl (C=O) groups is 1. The maximum Gasteiger partial charge on any atom is 0.287 e. The van der Waals surface area contributed by atoms with Gasteiger partial charge in [-0.25, -0.2) is 4.98 Å². The molecule has 5 nitrogen and oxygen atoms in total. The van der Waals surface area contributed by atoms with Gasteiger partial charge in [0.15, 0.2) is 11.5 Å². The Morgan fingerprint density at radius 1 is 0.968 bits per heavy atom. The predicted octanol–water partition coefficient (Wildman–Crippen LogP) is 6.30. The number of hydrogen-bond donors (Lipinski definition) is 1. The van der Waals surface area contributed by atoms with E-state index in [1.165, 1.54) is 37.7 Å². The van der Waals surface area contributed by atoms with Gasteiger partial charge in [-0.15, -0.1) is 0 Å². The van der Waals surface area contributed by atoms with Crippen LogP contribution in [-0.4, -0.2) is 21.5 Å². The van der Waals surface area contributed by atoms with Gasteiger partial charge in [-0.3, -0.25) is 4.79 Å². The SMILES string of the molecule is Cc1ccc(-c2ncn(C3CCCCC3)c2-c2ccc(C(=O)NC3CCCC3)o2)cc1. The number of benzene rings is 1. The number of amides is 1. The van der Waals surface area contributed by atoms with Crippen LogP contribution in [0.5, 0.6) is 0 Å². The van der Waals surface area contributed by atoms with Crippen molar-refractivity contribution < 1.29 is 9.21 Å². The fourth-order valence-electron chi connectivity index (χ4n) is 5.08. The Kier molecular flexibility index (Phi) is 5.66. The molecule has 0 saturated heterocycles. The summed E-state index contributed by atoms with van der Waals surface area (Å²) in [5, 5.41) is 3.13. The molecular weight excluding hydrogens is 386 g/mol. The minimum Gasteiger partial charge on any atom is -0.449 e. The van der Waals surface area contributed by atoms with Crippen LogP contribution < -0.4 is 5.32 Å². The van der Waals surface area contributed by atoms with E-state index in [0.717, 1.165) is 48.4 Å². The molecule has 3 aromatic rings. The Hall–Kier alpha value is -2.82. The Labute approximate surface area is 183 Å². The number of imidazole rings is 1. The topological polar surface area (TPSA) is 60.1 Å². The summed E-state index contributed by atoms with van der Waals surface area (Å²) in [6.45, 7) is 2.09. The molecule has 1 N–H and O–H groups in total. The van der Waals surface area contributed by atoms with E-state index in [0.29, 0.717) is 11.8 Å². The zero-order valence-corrected chi connectivity index (χ0v) is 18.3. The molecule has 2 aliphatic carbocycles. The zero-order valence-electron chi connectivity index (χ0n) is 18.3. The van der Waals surface area contributed by atoms with Crippen molar-refractivity contribution in [3.63, 3.8) is 0 Å². The highest BCUT2D eigenvalue weighted by atomic mass is 16.4. The smallest absolute Gasteiger partial charge is 0.287 e. The Morgan fingerprint density at radius 3 is 2.42 bits per heavy atom. The summed E-state index contributed by atoms with van der Waals surface area (Å²) in [5.41, 5.74) is 4.20. The highest BCUT2D eigenvalue weighted by Gasteiger charge is 2.26. The molecule has 5 heteroatoms. The molecule has 0 atom stereocenters. The fourth-order valence-corrected chi connectivity index (χ4v) is 5.08. The number of aromatic nitrogens is 2. The van der Waals surface area contributed by atoms with Gasteiger partial charge >= 0.3 is 0 Å². The van der Waals surface area contributed by atoms with E-state index in [-0.39, 0.29) is 11.9 Å². The molecular formula is C26H31N3O2. The van der Waals surface area contributed by atoms with Crippen molar-refractivity contribution in [2.45, 2.75) is 76.8 Å². The normalized spacial score (nSPS) is 17.8. The molecule has 0 bridgehead atoms. The van der Waals surface area contributed by atoms with Gasteiger partial charge in [-0.2, -0.15) is 0 Å². The first-order chi connectivity index (χ1) is 15.2. The number of rotatable bonds is 5. The first kappa shape index (κ1) is 20.1. The molecule has 0 aliphatic heterocycles. The quantitative estimate of drug-likeness (QED) is 0.530. The minimum absolute atomic E-state index is 0.112. The summed E-state index contributed by atoms with van der Waals surface area (Å²) in [6, 6.07) is 12.9. The van der Waals surface area contributed by atoms with Crippen LogP contribution in [0.25, 0.3) is 22.7 Å². The minimum atomic E-state index is -0.112. The number of furan rings is 1. The molecule has 2 aromatic heterocycles. The lowest BCUT2D eigenvalue weighted by Gasteiger charge is -2.24. The molecule has 2 saturated carbocycles. The van der Waals surface area contributed by atoms with Crippen LogP contribution >= 0.6 is 0 Å². The third-order valence-corrected chi connectivity index (χ3v) is 6.84. The van der Waals surface area contributed by atoms with Crippen molar-refractivity contribution in [3.8, 4) is 22.7 Å². The molecule has 2 fully saturated rings. The molecule has 5 rings (SSSR count). The van der Waals surface area contributed by atoms with Crippen LogP contribution in [-0.2, 0) is 0 Å². The van der Waals surface area contributed by atoms with Crippen molar-refractivity contribution in [1.82, 2.24) is 14.9 Å². The van der Waals surface area contributed by atoms with Crippen LogP contribution in [0.3, 0.4) is 0 Å². The standard InChI is InChI=1S/C26H31N3O2/c1-18-11-13-19(14-12-18)24-25(29(17-27-24)21-9-3-2-4-10-21)22-15-16-23(31-22)26(30)28-20-7-5-6-8-20/h11-17,20-21H,2-10H2,1H3,(H,28,30). The van der Waals surface area contributed by atoms with Crippen LogP contribution in [0.1, 0.15) is 79.9 Å². The van der Waals surface area contributed by atoms with Crippen molar-refractivity contribution in [1.29, 1.82) is 0 Å². The lowest BCUT2D eigenvalue weighted by atomic mass is 9.95. The van der Waals surface area contributed by atoms with Crippen LogP contribution in [0.2, 0.25) is 0 Å². The predicted molar refractivity (Wildman–Crippen MR) is 122 cm³/mol. The highest BCUT2D eigenvalue weighted by Crippen LogP contribution is 2.38. The Morgan fingerprint density at radius 2 is 1.68 bits per heavy atom. The van der Waals surface area contributed by atoms with Gasteiger partial charge in [-0.05, 0) is 44.7 Å². The third kappa shape index (κ3) is 4.18. The first-order valence-electron chi connectivity index (χ1n) is 11.7. The van der Waals surface area contributed by atoms with Gasteiger partial charge in [0.25, 0.3) is 5.91 Å². The Bertz CT molecular complexity index is 1040. The van der Waals surface area contributed by atoms with Gasteiger partial charge in [0.2, 0.25) is 0 Å². The van der Waals surface area contributed by atoms with E-state index in [2.05, 4.69) is 41.1 Å². The second kappa shape index (κ2) is 8.74. The summed E-state index contributed by atoms with van der Waals surface area (Å²) >= 11 is 0. The van der Waals surface area contributed by atoms with Crippen molar-refractivity contribution in [3.05, 3.63) is 54.0 Å². The van der Waals surface area contributed by atoms with Gasteiger partial charge < -0.3 is 14.3 Å². The van der Waals surface area contributed by atoms with Crippen LogP contribution in [0.4, 0.5) is 0 Å². The first-order valence-corrected chi connectivity index (χ1v) is 11.7. The van der Waals surface area contributed by atoms with Crippen LogP contribution in [0, 0.1) is 6.92 Å². The van der Waals surface area contributed by atoms with E-state index in [1.807, 2.05) is 12.4 Å². The van der Waals surface area contributed by atoms with Gasteiger partial charge in [-0.1, -0.05) is 61.9 Å². The average Bonchev–Trinajstić information content (AvgIpc) is 3.55. The van der Waals surface area contributed by atoms with Gasteiger partial charge in [0, 0.05) is 17.6 Å². The van der Waals surface area contributed by atoms with E-state index in [4.69, 9.17) is 9.40 Å². The largest absolute Gasteiger partial charge is 0.449 e. The number of hydrogen-bond acceptors (Lipinski definition) is 3. The molecule has 0 spiro atoms. The number of nitrogens with one attached hydrogen (secondary N) is 1. The fraction of sp³-hybridized carbons (Fsp3) is 0.462. The highest BCUT2D eigenvalue weighted by molar-refractivity contribution is 5.92. The molecule has 0 radical (unpaired) electrons. The molecule has 0 unspecified atom stereocenters. The zero-order chi connectivity index (χ0) is 21.2. The monoisotopic (exact) mass is 417 g/mol. The Balaban J connectivity index is 1.50. The van der Waals surface area contributed by atoms with Crippen molar-refractivity contribution in [2.75, 3.05) is 0 Å². The van der Waals surface area contributed by atoms with Gasteiger partial charge in [0.05, 0.1) is 12.0 Å². The molecule has 162 valence electrons. The van der Waals surface area contributed by atoms with Crippen molar-refractivity contribution >= 4 is 5.91 Å². The number of carbonyl (C=O) groups excluding carboxylic acids is 1. The lowest BCUT2D eigenvalue weighted by molar-refractivity contribution is 0.0910. The summed E-state index contributed by atoms with van der Waals surface area (Å²) in [4.78, 5) is 17.5. The van der Waals surface area contributed by atoms with E-state index in [9.17, 15) is 4.79 Å².